The monoisotopic (exact) mass is 387 g/mol. The summed E-state index contributed by atoms with van der Waals surface area (Å²) < 4.78 is 8.21. The van der Waals surface area contributed by atoms with Crippen molar-refractivity contribution in [1.82, 2.24) is 19.7 Å². The van der Waals surface area contributed by atoms with Crippen molar-refractivity contribution in [3.05, 3.63) is 35.7 Å². The van der Waals surface area contributed by atoms with Gasteiger partial charge in [0.15, 0.2) is 5.13 Å². The minimum Gasteiger partial charge on any atom is -0.494 e. The number of aryl methyl sites for hydroxylation is 2. The molecule has 2 aromatic heterocycles. The zero-order chi connectivity index (χ0) is 19.6. The number of hydrogen-bond donors (Lipinski definition) is 0. The van der Waals surface area contributed by atoms with Gasteiger partial charge in [-0.2, -0.15) is 5.10 Å². The quantitative estimate of drug-likeness (QED) is 0.624. The summed E-state index contributed by atoms with van der Waals surface area (Å²) >= 11 is 1.50. The highest BCUT2D eigenvalue weighted by atomic mass is 32.1. The molecule has 0 aliphatic carbocycles. The molecular formula is C19H25N5O2S. The Bertz CT molecular complexity index is 927. The van der Waals surface area contributed by atoms with E-state index in [1.54, 1.807) is 22.8 Å². The van der Waals surface area contributed by atoms with Crippen molar-refractivity contribution >= 4 is 32.6 Å². The van der Waals surface area contributed by atoms with Gasteiger partial charge in [0.25, 0.3) is 5.91 Å². The second-order valence-electron chi connectivity index (χ2n) is 6.62. The Morgan fingerprint density at radius 3 is 2.70 bits per heavy atom. The van der Waals surface area contributed by atoms with Crippen molar-refractivity contribution in [3.63, 3.8) is 0 Å². The highest BCUT2D eigenvalue weighted by Gasteiger charge is 2.25. The maximum Gasteiger partial charge on any atom is 0.278 e. The van der Waals surface area contributed by atoms with Crippen LogP contribution in [0.15, 0.2) is 24.4 Å². The number of rotatable bonds is 7. The van der Waals surface area contributed by atoms with Crippen LogP contribution in [0.2, 0.25) is 0 Å². The third-order valence-electron chi connectivity index (χ3n) is 4.23. The second-order valence-corrected chi connectivity index (χ2v) is 7.63. The van der Waals surface area contributed by atoms with Crippen LogP contribution in [0.5, 0.6) is 5.75 Å². The minimum absolute atomic E-state index is 0.0848. The first kappa shape index (κ1) is 19.3. The zero-order valence-electron chi connectivity index (χ0n) is 16.4. The average Bonchev–Trinajstić information content (AvgIpc) is 3.17. The first-order chi connectivity index (χ1) is 12.9. The smallest absolute Gasteiger partial charge is 0.278 e. The predicted octanol–water partition coefficient (Wildman–Crippen LogP) is 2.95. The number of carbonyl (C=O) groups is 1. The van der Waals surface area contributed by atoms with Crippen LogP contribution in [0.4, 0.5) is 5.13 Å². The molecule has 0 atom stereocenters. The van der Waals surface area contributed by atoms with Gasteiger partial charge >= 0.3 is 0 Å². The van der Waals surface area contributed by atoms with Crippen molar-refractivity contribution in [2.45, 2.75) is 13.8 Å². The number of ether oxygens (including phenoxy) is 1. The van der Waals surface area contributed by atoms with Crippen LogP contribution in [-0.2, 0) is 7.05 Å². The van der Waals surface area contributed by atoms with E-state index >= 15 is 0 Å². The number of fused-ring (bicyclic) bond motifs is 1. The van der Waals surface area contributed by atoms with E-state index < -0.39 is 0 Å². The van der Waals surface area contributed by atoms with Crippen LogP contribution in [0, 0.1) is 6.92 Å². The molecule has 27 heavy (non-hydrogen) atoms. The maximum atomic E-state index is 13.3. The van der Waals surface area contributed by atoms with E-state index in [9.17, 15) is 4.79 Å². The summed E-state index contributed by atoms with van der Waals surface area (Å²) in [4.78, 5) is 21.8. The van der Waals surface area contributed by atoms with Crippen molar-refractivity contribution in [2.24, 2.45) is 7.05 Å². The Kier molecular flexibility index (Phi) is 5.76. The summed E-state index contributed by atoms with van der Waals surface area (Å²) in [7, 11) is 5.77. The Hall–Kier alpha value is -2.45. The lowest BCUT2D eigenvalue weighted by Crippen LogP contribution is -2.38. The third-order valence-corrected chi connectivity index (χ3v) is 5.27. The molecule has 3 rings (SSSR count). The van der Waals surface area contributed by atoms with E-state index in [4.69, 9.17) is 9.72 Å². The van der Waals surface area contributed by atoms with Crippen molar-refractivity contribution in [1.29, 1.82) is 0 Å². The van der Waals surface area contributed by atoms with E-state index in [2.05, 4.69) is 10.00 Å². The molecular weight excluding hydrogens is 362 g/mol. The van der Waals surface area contributed by atoms with Crippen LogP contribution >= 0.6 is 11.3 Å². The second kappa shape index (κ2) is 8.06. The number of thiazole rings is 1. The van der Waals surface area contributed by atoms with Crippen LogP contribution < -0.4 is 9.64 Å². The molecule has 0 saturated carbocycles. The van der Waals surface area contributed by atoms with Crippen LogP contribution in [-0.4, -0.2) is 59.4 Å². The molecule has 7 nitrogen and oxygen atoms in total. The largest absolute Gasteiger partial charge is 0.494 e. The minimum atomic E-state index is -0.0848. The molecule has 0 aliphatic rings. The average molecular weight is 388 g/mol. The van der Waals surface area contributed by atoms with E-state index in [1.807, 2.05) is 46.1 Å². The Morgan fingerprint density at radius 1 is 1.30 bits per heavy atom. The van der Waals surface area contributed by atoms with E-state index in [-0.39, 0.29) is 5.91 Å². The van der Waals surface area contributed by atoms with Gasteiger partial charge in [-0.15, -0.1) is 0 Å². The number of nitrogens with zero attached hydrogens (tertiary/aromatic N) is 5. The van der Waals surface area contributed by atoms with Gasteiger partial charge in [0.05, 0.1) is 23.0 Å². The van der Waals surface area contributed by atoms with Gasteiger partial charge in [-0.3, -0.25) is 14.4 Å². The molecule has 1 amide bonds. The fourth-order valence-electron chi connectivity index (χ4n) is 2.83. The molecule has 0 spiro atoms. The SMILES string of the molecule is CCOc1ccc2nc(N(CCN(C)C)C(=O)c3c(C)cnn3C)sc2c1. The van der Waals surface area contributed by atoms with Gasteiger partial charge in [0.1, 0.15) is 11.4 Å². The van der Waals surface area contributed by atoms with Crippen LogP contribution in [0.25, 0.3) is 10.2 Å². The fraction of sp³-hybridized carbons (Fsp3) is 0.421. The molecule has 0 saturated heterocycles. The number of benzene rings is 1. The topological polar surface area (TPSA) is 63.5 Å². The number of likely N-dealkylation sites (N-methyl/N-ethyl adjacent to an activating group) is 1. The Balaban J connectivity index is 1.99. The van der Waals surface area contributed by atoms with Gasteiger partial charge in [-0.1, -0.05) is 11.3 Å². The van der Waals surface area contributed by atoms with Gasteiger partial charge in [-0.05, 0) is 51.7 Å². The summed E-state index contributed by atoms with van der Waals surface area (Å²) in [5.74, 6) is 0.729. The number of amides is 1. The molecule has 8 heteroatoms. The summed E-state index contributed by atoms with van der Waals surface area (Å²) in [6, 6.07) is 5.82. The van der Waals surface area contributed by atoms with Crippen molar-refractivity contribution < 1.29 is 9.53 Å². The lowest BCUT2D eigenvalue weighted by molar-refractivity contribution is 0.0975. The molecule has 0 radical (unpaired) electrons. The van der Waals surface area contributed by atoms with Gasteiger partial charge in [0.2, 0.25) is 0 Å². The standard InChI is InChI=1S/C19H25N5O2S/c1-6-26-14-7-8-15-16(11-14)27-19(21-15)24(10-9-22(3)4)18(25)17-13(2)12-20-23(17)5/h7-8,11-12H,6,9-10H2,1-5H3. The zero-order valence-corrected chi connectivity index (χ0v) is 17.2. The summed E-state index contributed by atoms with van der Waals surface area (Å²) in [6.45, 7) is 5.76. The van der Waals surface area contributed by atoms with Crippen molar-refractivity contribution in [3.8, 4) is 5.75 Å². The third kappa shape index (κ3) is 4.12. The van der Waals surface area contributed by atoms with E-state index in [0.717, 1.165) is 28.1 Å². The fourth-order valence-corrected chi connectivity index (χ4v) is 3.85. The maximum absolute atomic E-state index is 13.3. The van der Waals surface area contributed by atoms with Crippen LogP contribution in [0.1, 0.15) is 23.0 Å². The highest BCUT2D eigenvalue weighted by molar-refractivity contribution is 7.22. The number of anilines is 1. The molecule has 0 bridgehead atoms. The summed E-state index contributed by atoms with van der Waals surface area (Å²) in [5.41, 5.74) is 2.31. The Morgan fingerprint density at radius 2 is 2.07 bits per heavy atom. The molecule has 0 aliphatic heterocycles. The van der Waals surface area contributed by atoms with Crippen LogP contribution in [0.3, 0.4) is 0 Å². The van der Waals surface area contributed by atoms with Gasteiger partial charge in [-0.25, -0.2) is 4.98 Å². The first-order valence-electron chi connectivity index (χ1n) is 8.89. The lowest BCUT2D eigenvalue weighted by Gasteiger charge is -2.22. The summed E-state index contributed by atoms with van der Waals surface area (Å²) in [5, 5.41) is 4.89. The van der Waals surface area contributed by atoms with E-state index in [0.29, 0.717) is 24.0 Å². The molecule has 1 aromatic carbocycles. The summed E-state index contributed by atoms with van der Waals surface area (Å²) in [6.07, 6.45) is 1.71. The van der Waals surface area contributed by atoms with E-state index in [1.165, 1.54) is 11.3 Å². The Labute approximate surface area is 163 Å². The van der Waals surface area contributed by atoms with Gasteiger partial charge in [0, 0.05) is 20.1 Å². The molecule has 0 unspecified atom stereocenters. The predicted molar refractivity (Wildman–Crippen MR) is 109 cm³/mol. The molecule has 144 valence electrons. The normalized spacial score (nSPS) is 11.3. The molecule has 0 fully saturated rings. The van der Waals surface area contributed by atoms with Crippen molar-refractivity contribution in [2.75, 3.05) is 38.7 Å². The highest BCUT2D eigenvalue weighted by Crippen LogP contribution is 2.32. The first-order valence-corrected chi connectivity index (χ1v) is 9.71. The number of aromatic nitrogens is 3. The lowest BCUT2D eigenvalue weighted by atomic mass is 10.2. The van der Waals surface area contributed by atoms with Gasteiger partial charge < -0.3 is 9.64 Å². The number of carbonyl (C=O) groups excluding carboxylic acids is 1. The molecule has 3 aromatic rings. The number of hydrogen-bond acceptors (Lipinski definition) is 6. The molecule has 2 heterocycles. The molecule has 0 N–H and O–H groups in total.